The molecule has 3 atom stereocenters. The summed E-state index contributed by atoms with van der Waals surface area (Å²) in [6.45, 7) is 11.6. The summed E-state index contributed by atoms with van der Waals surface area (Å²) in [4.78, 5) is 36.6. The molecule has 1 aromatic rings. The first-order chi connectivity index (χ1) is 15.0. The highest BCUT2D eigenvalue weighted by Gasteiger charge is 2.44. The first-order valence-electron chi connectivity index (χ1n) is 10.3. The normalized spacial score (nSPS) is 21.8. The lowest BCUT2D eigenvalue weighted by Crippen LogP contribution is -2.49. The van der Waals surface area contributed by atoms with E-state index in [1.807, 2.05) is 13.1 Å². The molecule has 1 aliphatic rings. The molecule has 1 aromatic heterocycles. The van der Waals surface area contributed by atoms with Gasteiger partial charge in [0.2, 0.25) is 0 Å². The van der Waals surface area contributed by atoms with Crippen LogP contribution in [0, 0.1) is 19.3 Å². The lowest BCUT2D eigenvalue weighted by molar-refractivity contribution is -0.0957. The van der Waals surface area contributed by atoms with Crippen molar-refractivity contribution >= 4 is 14.2 Å². The zero-order valence-corrected chi connectivity index (χ0v) is 20.5. The molecular formula is C21H29F3N2O6Si. The van der Waals surface area contributed by atoms with Gasteiger partial charge in [-0.1, -0.05) is 26.7 Å². The maximum absolute atomic E-state index is 13.0. The second-order valence-corrected chi connectivity index (χ2v) is 14.2. The highest BCUT2D eigenvalue weighted by Crippen LogP contribution is 2.38. The van der Waals surface area contributed by atoms with Gasteiger partial charge in [0.15, 0.2) is 8.32 Å². The van der Waals surface area contributed by atoms with Gasteiger partial charge in [-0.05, 0) is 25.1 Å². The summed E-state index contributed by atoms with van der Waals surface area (Å²) >= 11 is 0. The van der Waals surface area contributed by atoms with Crippen LogP contribution in [0.3, 0.4) is 0 Å². The van der Waals surface area contributed by atoms with Crippen molar-refractivity contribution in [2.45, 2.75) is 76.9 Å². The second-order valence-electron chi connectivity index (χ2n) is 9.44. The predicted molar refractivity (Wildman–Crippen MR) is 117 cm³/mol. The Morgan fingerprint density at radius 1 is 1.30 bits per heavy atom. The molecule has 0 N–H and O–H groups in total. The number of carbonyl (C=O) groups is 1. The zero-order valence-electron chi connectivity index (χ0n) is 19.5. The summed E-state index contributed by atoms with van der Waals surface area (Å²) in [6.07, 6.45) is -1.35. The predicted octanol–water partition coefficient (Wildman–Crippen LogP) is 2.85. The van der Waals surface area contributed by atoms with E-state index >= 15 is 0 Å². The second kappa shape index (κ2) is 9.58. The minimum Gasteiger partial charge on any atom is -0.414 e. The van der Waals surface area contributed by atoms with Gasteiger partial charge in [0.1, 0.15) is 18.9 Å². The molecule has 1 aliphatic heterocycles. The van der Waals surface area contributed by atoms with Gasteiger partial charge in [-0.15, -0.1) is 6.42 Å². The van der Waals surface area contributed by atoms with E-state index in [0.717, 1.165) is 10.8 Å². The third-order valence-corrected chi connectivity index (χ3v) is 10.5. The molecule has 33 heavy (non-hydrogen) atoms. The van der Waals surface area contributed by atoms with Crippen LogP contribution in [0.5, 0.6) is 0 Å². The van der Waals surface area contributed by atoms with Crippen LogP contribution in [0.4, 0.5) is 13.2 Å². The van der Waals surface area contributed by atoms with E-state index in [2.05, 4.69) is 26.7 Å². The molecule has 1 saturated heterocycles. The molecule has 0 radical (unpaired) electrons. The van der Waals surface area contributed by atoms with Crippen molar-refractivity contribution in [2.24, 2.45) is 0 Å². The van der Waals surface area contributed by atoms with Crippen LogP contribution in [0.15, 0.2) is 15.8 Å². The summed E-state index contributed by atoms with van der Waals surface area (Å²) in [5, 5.41) is -0.0817. The molecule has 184 valence electrons. The van der Waals surface area contributed by atoms with E-state index in [0.29, 0.717) is 0 Å². The third kappa shape index (κ3) is 5.84. The molecule has 0 aromatic carbocycles. The standard InChI is InChI=1S/C21H29F3N2O6Si/c1-8-9-30-14-10-16(32-15(14)12-31-33(6,7)20(3,4)5)25-11-13(2)17(27)26(19(25)29)18(28)21(22,23)24/h1,11,14-16H,9-10,12H2,2-7H3/t14-,15+,16+/m0/s1. The molecule has 0 aliphatic carbocycles. The van der Waals surface area contributed by atoms with Crippen LogP contribution in [-0.4, -0.2) is 55.0 Å². The molecule has 0 unspecified atom stereocenters. The Balaban J connectivity index is 2.40. The lowest BCUT2D eigenvalue weighted by atomic mass is 10.2. The van der Waals surface area contributed by atoms with Crippen molar-refractivity contribution in [1.29, 1.82) is 0 Å². The fourth-order valence-corrected chi connectivity index (χ4v) is 4.08. The molecule has 0 amide bonds. The van der Waals surface area contributed by atoms with E-state index in [9.17, 15) is 27.6 Å². The number of aryl methyl sites for hydroxylation is 1. The summed E-state index contributed by atoms with van der Waals surface area (Å²) in [5.74, 6) is -0.223. The molecule has 0 spiro atoms. The van der Waals surface area contributed by atoms with Gasteiger partial charge in [-0.2, -0.15) is 17.7 Å². The summed E-state index contributed by atoms with van der Waals surface area (Å²) < 4.78 is 57.0. The average molecular weight is 491 g/mol. The highest BCUT2D eigenvalue weighted by molar-refractivity contribution is 6.74. The van der Waals surface area contributed by atoms with Crippen molar-refractivity contribution in [3.8, 4) is 12.3 Å². The fourth-order valence-electron chi connectivity index (χ4n) is 3.07. The molecule has 1 fully saturated rings. The minimum atomic E-state index is -5.40. The van der Waals surface area contributed by atoms with E-state index in [1.165, 1.54) is 6.92 Å². The molecule has 8 nitrogen and oxygen atoms in total. The number of terminal acetylenes is 1. The van der Waals surface area contributed by atoms with Gasteiger partial charge < -0.3 is 13.9 Å². The Morgan fingerprint density at radius 2 is 1.91 bits per heavy atom. The first-order valence-corrected chi connectivity index (χ1v) is 13.2. The molecule has 12 heteroatoms. The van der Waals surface area contributed by atoms with Gasteiger partial charge in [0.05, 0.1) is 12.7 Å². The summed E-state index contributed by atoms with van der Waals surface area (Å²) in [6, 6.07) is 0. The fraction of sp³-hybridized carbons (Fsp3) is 0.667. The largest absolute Gasteiger partial charge is 0.472 e. The number of aromatic nitrogens is 2. The van der Waals surface area contributed by atoms with E-state index in [1.54, 1.807) is 0 Å². The maximum atomic E-state index is 13.0. The molecular weight excluding hydrogens is 461 g/mol. The molecule has 0 saturated carbocycles. The van der Waals surface area contributed by atoms with Crippen LogP contribution >= 0.6 is 0 Å². The Hall–Kier alpha value is -2.20. The number of alkyl halides is 3. The van der Waals surface area contributed by atoms with Gasteiger partial charge in [0.25, 0.3) is 5.56 Å². The summed E-state index contributed by atoms with van der Waals surface area (Å²) in [5.41, 5.74) is -3.01. The zero-order chi connectivity index (χ0) is 25.4. The SMILES string of the molecule is C#CCO[C@H]1C[C@H](n2cc(C)c(=O)n(C(=O)C(F)(F)F)c2=O)O[C@@H]1CO[Si](C)(C)C(C)(C)C. The number of hydrogen-bond acceptors (Lipinski definition) is 6. The quantitative estimate of drug-likeness (QED) is 0.450. The number of halogens is 3. The minimum absolute atomic E-state index is 0.0443. The number of rotatable bonds is 6. The van der Waals surface area contributed by atoms with Gasteiger partial charge in [-0.25, -0.2) is 4.79 Å². The van der Waals surface area contributed by atoms with Crippen LogP contribution in [0.25, 0.3) is 0 Å². The van der Waals surface area contributed by atoms with Crippen LogP contribution in [0.1, 0.15) is 43.8 Å². The number of nitrogens with zero attached hydrogens (tertiary/aromatic N) is 2. The number of ether oxygens (including phenoxy) is 2. The molecule has 2 heterocycles. The summed E-state index contributed by atoms with van der Waals surface area (Å²) in [7, 11) is -2.17. The monoisotopic (exact) mass is 490 g/mol. The Bertz CT molecular complexity index is 1050. The van der Waals surface area contributed by atoms with E-state index in [4.69, 9.17) is 20.3 Å². The van der Waals surface area contributed by atoms with Gasteiger partial charge in [0, 0.05) is 18.2 Å². The van der Waals surface area contributed by atoms with Crippen molar-refractivity contribution in [1.82, 2.24) is 9.13 Å². The maximum Gasteiger partial charge on any atom is 0.472 e. The molecule has 0 bridgehead atoms. The smallest absolute Gasteiger partial charge is 0.414 e. The van der Waals surface area contributed by atoms with Gasteiger partial charge >= 0.3 is 17.8 Å². The van der Waals surface area contributed by atoms with E-state index < -0.39 is 54.7 Å². The molecule has 2 rings (SSSR count). The Morgan fingerprint density at radius 3 is 2.42 bits per heavy atom. The third-order valence-electron chi connectivity index (χ3n) is 6.02. The van der Waals surface area contributed by atoms with Crippen molar-refractivity contribution in [3.05, 3.63) is 32.6 Å². The van der Waals surface area contributed by atoms with Gasteiger partial charge in [-0.3, -0.25) is 14.2 Å². The van der Waals surface area contributed by atoms with Crippen molar-refractivity contribution in [3.63, 3.8) is 0 Å². The number of hydrogen-bond donors (Lipinski definition) is 0. The van der Waals surface area contributed by atoms with Crippen LogP contribution in [-0.2, 0) is 13.9 Å². The highest BCUT2D eigenvalue weighted by atomic mass is 28.4. The Labute approximate surface area is 190 Å². The van der Waals surface area contributed by atoms with Crippen molar-refractivity contribution < 1.29 is 31.9 Å². The van der Waals surface area contributed by atoms with Crippen LogP contribution in [0.2, 0.25) is 18.1 Å². The average Bonchev–Trinajstić information content (AvgIpc) is 3.08. The number of carbonyl (C=O) groups excluding carboxylic acids is 1. The topological polar surface area (TPSA) is 88.8 Å². The Kier molecular flexibility index (Phi) is 7.85. The van der Waals surface area contributed by atoms with E-state index in [-0.39, 0.29) is 30.2 Å². The first kappa shape index (κ1) is 27.0. The van der Waals surface area contributed by atoms with Crippen LogP contribution < -0.4 is 11.2 Å². The van der Waals surface area contributed by atoms with Crippen molar-refractivity contribution in [2.75, 3.05) is 13.2 Å². The lowest BCUT2D eigenvalue weighted by Gasteiger charge is -2.37.